The zero-order valence-corrected chi connectivity index (χ0v) is 14.9. The van der Waals surface area contributed by atoms with E-state index < -0.39 is 9.84 Å². The number of hydrogen-bond donors (Lipinski definition) is 0. The summed E-state index contributed by atoms with van der Waals surface area (Å²) in [5.41, 5.74) is 3.04. The predicted octanol–water partition coefficient (Wildman–Crippen LogP) is 4.09. The van der Waals surface area contributed by atoms with E-state index in [0.29, 0.717) is 15.7 Å². The number of nitrogens with zero attached hydrogens (tertiary/aromatic N) is 2. The Kier molecular flexibility index (Phi) is 4.12. The van der Waals surface area contributed by atoms with Gasteiger partial charge in [-0.2, -0.15) is 5.10 Å². The van der Waals surface area contributed by atoms with Gasteiger partial charge in [0.1, 0.15) is 5.52 Å². The molecule has 0 N–H and O–H groups in total. The van der Waals surface area contributed by atoms with Crippen molar-refractivity contribution in [3.63, 3.8) is 0 Å². The molecule has 1 aromatic heterocycles. The van der Waals surface area contributed by atoms with Crippen LogP contribution < -0.4 is 0 Å². The van der Waals surface area contributed by atoms with Gasteiger partial charge in [0.2, 0.25) is 0 Å². The quantitative estimate of drug-likeness (QED) is 0.699. The van der Waals surface area contributed by atoms with Crippen LogP contribution in [-0.4, -0.2) is 24.5 Å². The molecule has 0 aliphatic carbocycles. The second kappa shape index (κ2) is 5.82. The first-order valence-electron chi connectivity index (χ1n) is 6.84. The fourth-order valence-corrected chi connectivity index (χ4v) is 3.96. The molecule has 0 bridgehead atoms. The first kappa shape index (κ1) is 16.3. The highest BCUT2D eigenvalue weighted by molar-refractivity contribution is 7.89. The molecule has 0 radical (unpaired) electrons. The molecule has 0 fully saturated rings. The van der Waals surface area contributed by atoms with Gasteiger partial charge in [0.15, 0.2) is 9.84 Å². The standard InChI is InChI=1S/C16H14Cl2N2O2S/c1-20-15(9-23(2,21)22)13-5-3-4-12(16(13)19-20)11-7-6-10(17)8-14(11)18/h3-8H,9H2,1-2H3. The summed E-state index contributed by atoms with van der Waals surface area (Å²) in [4.78, 5) is 0. The van der Waals surface area contributed by atoms with Crippen LogP contribution in [0.4, 0.5) is 0 Å². The number of aromatic nitrogens is 2. The highest BCUT2D eigenvalue weighted by Gasteiger charge is 2.17. The Morgan fingerprint density at radius 1 is 1.13 bits per heavy atom. The van der Waals surface area contributed by atoms with Crippen molar-refractivity contribution in [2.45, 2.75) is 5.75 Å². The van der Waals surface area contributed by atoms with E-state index in [-0.39, 0.29) is 5.75 Å². The van der Waals surface area contributed by atoms with Gasteiger partial charge in [-0.25, -0.2) is 8.42 Å². The van der Waals surface area contributed by atoms with Crippen molar-refractivity contribution in [2.75, 3.05) is 6.26 Å². The molecule has 7 heteroatoms. The SMILES string of the molecule is Cn1nc2c(-c3ccc(Cl)cc3Cl)cccc2c1CS(C)(=O)=O. The van der Waals surface area contributed by atoms with Gasteiger partial charge in [0.05, 0.1) is 11.4 Å². The highest BCUT2D eigenvalue weighted by atomic mass is 35.5. The minimum absolute atomic E-state index is 0.0577. The second-order valence-corrected chi connectivity index (χ2v) is 8.45. The maximum Gasteiger partial charge on any atom is 0.153 e. The second-order valence-electron chi connectivity index (χ2n) is 5.47. The average Bonchev–Trinajstić information content (AvgIpc) is 2.74. The lowest BCUT2D eigenvalue weighted by Gasteiger charge is -2.06. The summed E-state index contributed by atoms with van der Waals surface area (Å²) in [7, 11) is -1.41. The Morgan fingerprint density at radius 2 is 1.87 bits per heavy atom. The van der Waals surface area contributed by atoms with Crippen molar-refractivity contribution in [3.8, 4) is 11.1 Å². The lowest BCUT2D eigenvalue weighted by molar-refractivity contribution is 0.598. The summed E-state index contributed by atoms with van der Waals surface area (Å²) >= 11 is 12.3. The topological polar surface area (TPSA) is 52.0 Å². The van der Waals surface area contributed by atoms with Gasteiger partial charge >= 0.3 is 0 Å². The fourth-order valence-electron chi connectivity index (χ4n) is 2.61. The van der Waals surface area contributed by atoms with Crippen molar-refractivity contribution in [3.05, 3.63) is 52.1 Å². The van der Waals surface area contributed by atoms with Gasteiger partial charge < -0.3 is 0 Å². The molecule has 0 spiro atoms. The molecule has 0 unspecified atom stereocenters. The van der Waals surface area contributed by atoms with Gasteiger partial charge in [0, 0.05) is 39.9 Å². The molecule has 3 aromatic rings. The molecule has 0 saturated heterocycles. The van der Waals surface area contributed by atoms with Crippen LogP contribution in [0.3, 0.4) is 0 Å². The minimum Gasteiger partial charge on any atom is -0.270 e. The smallest absolute Gasteiger partial charge is 0.153 e. The van der Waals surface area contributed by atoms with Crippen LogP contribution in [0.2, 0.25) is 10.0 Å². The molecule has 1 heterocycles. The summed E-state index contributed by atoms with van der Waals surface area (Å²) in [6.07, 6.45) is 1.21. The Labute approximate surface area is 144 Å². The van der Waals surface area contributed by atoms with Crippen molar-refractivity contribution >= 4 is 43.9 Å². The third kappa shape index (κ3) is 3.22. The summed E-state index contributed by atoms with van der Waals surface area (Å²) in [6.45, 7) is 0. The molecule has 0 atom stereocenters. The Morgan fingerprint density at radius 3 is 2.52 bits per heavy atom. The summed E-state index contributed by atoms with van der Waals surface area (Å²) in [5.74, 6) is -0.0577. The molecule has 3 rings (SSSR count). The van der Waals surface area contributed by atoms with Crippen LogP contribution in [0.5, 0.6) is 0 Å². The maximum absolute atomic E-state index is 11.7. The van der Waals surface area contributed by atoms with Crippen molar-refractivity contribution in [1.82, 2.24) is 9.78 Å². The lowest BCUT2D eigenvalue weighted by Crippen LogP contribution is -2.06. The third-order valence-corrected chi connectivity index (χ3v) is 4.95. The van der Waals surface area contributed by atoms with E-state index in [0.717, 1.165) is 22.0 Å². The van der Waals surface area contributed by atoms with Gasteiger partial charge in [-0.15, -0.1) is 0 Å². The Hall–Kier alpha value is -1.56. The van der Waals surface area contributed by atoms with Crippen molar-refractivity contribution in [1.29, 1.82) is 0 Å². The van der Waals surface area contributed by atoms with Crippen molar-refractivity contribution < 1.29 is 8.42 Å². The average molecular weight is 369 g/mol. The molecule has 0 aliphatic heterocycles. The predicted molar refractivity (Wildman–Crippen MR) is 94.7 cm³/mol. The van der Waals surface area contributed by atoms with E-state index in [1.54, 1.807) is 23.9 Å². The van der Waals surface area contributed by atoms with Crippen LogP contribution >= 0.6 is 23.2 Å². The molecule has 23 heavy (non-hydrogen) atoms. The normalized spacial score (nSPS) is 12.0. The number of rotatable bonds is 3. The largest absolute Gasteiger partial charge is 0.270 e. The minimum atomic E-state index is -3.16. The molecule has 0 saturated carbocycles. The Bertz CT molecular complexity index is 1010. The third-order valence-electron chi connectivity index (χ3n) is 3.61. The van der Waals surface area contributed by atoms with E-state index in [1.165, 1.54) is 6.26 Å². The molecule has 120 valence electrons. The molecule has 4 nitrogen and oxygen atoms in total. The number of benzene rings is 2. The van der Waals surface area contributed by atoms with Crippen LogP contribution in [0, 0.1) is 0 Å². The number of aryl methyl sites for hydroxylation is 1. The molecule has 0 amide bonds. The summed E-state index contributed by atoms with van der Waals surface area (Å²) in [5, 5.41) is 6.39. The van der Waals surface area contributed by atoms with E-state index >= 15 is 0 Å². The fraction of sp³-hybridized carbons (Fsp3) is 0.188. The van der Waals surface area contributed by atoms with Crippen LogP contribution in [0.1, 0.15) is 5.69 Å². The van der Waals surface area contributed by atoms with Gasteiger partial charge in [0.25, 0.3) is 0 Å². The van der Waals surface area contributed by atoms with Gasteiger partial charge in [-0.05, 0) is 12.1 Å². The first-order valence-corrected chi connectivity index (χ1v) is 9.65. The highest BCUT2D eigenvalue weighted by Crippen LogP contribution is 2.35. The molecular weight excluding hydrogens is 355 g/mol. The van der Waals surface area contributed by atoms with E-state index in [9.17, 15) is 8.42 Å². The van der Waals surface area contributed by atoms with Gasteiger partial charge in [-0.3, -0.25) is 4.68 Å². The number of fused-ring (bicyclic) bond motifs is 1. The monoisotopic (exact) mass is 368 g/mol. The number of hydrogen-bond acceptors (Lipinski definition) is 3. The molecule has 0 aliphatic rings. The van der Waals surface area contributed by atoms with Crippen LogP contribution in [0.25, 0.3) is 22.0 Å². The molecular formula is C16H14Cl2N2O2S. The van der Waals surface area contributed by atoms with Crippen LogP contribution in [-0.2, 0) is 22.6 Å². The first-order chi connectivity index (χ1) is 10.8. The summed E-state index contributed by atoms with van der Waals surface area (Å²) < 4.78 is 24.9. The number of sulfone groups is 1. The van der Waals surface area contributed by atoms with E-state index in [4.69, 9.17) is 23.2 Å². The van der Waals surface area contributed by atoms with E-state index in [1.807, 2.05) is 24.3 Å². The van der Waals surface area contributed by atoms with E-state index in [2.05, 4.69) is 5.10 Å². The lowest BCUT2D eigenvalue weighted by atomic mass is 10.0. The summed E-state index contributed by atoms with van der Waals surface area (Å²) in [6, 6.07) is 10.9. The Balaban J connectivity index is 2.26. The zero-order chi connectivity index (χ0) is 16.8. The van der Waals surface area contributed by atoms with Gasteiger partial charge in [-0.1, -0.05) is 47.5 Å². The number of halogens is 2. The van der Waals surface area contributed by atoms with Crippen LogP contribution in [0.15, 0.2) is 36.4 Å². The van der Waals surface area contributed by atoms with Crippen molar-refractivity contribution in [2.24, 2.45) is 7.05 Å². The maximum atomic E-state index is 11.7. The molecule has 2 aromatic carbocycles. The zero-order valence-electron chi connectivity index (χ0n) is 12.5.